The third-order valence-electron chi connectivity index (χ3n) is 4.87. The second-order valence-electron chi connectivity index (χ2n) is 7.14. The number of carbonyl (C=O) groups is 2. The Kier molecular flexibility index (Phi) is 6.59. The van der Waals surface area contributed by atoms with Crippen LogP contribution in [0.3, 0.4) is 0 Å². The van der Waals surface area contributed by atoms with Gasteiger partial charge in [0.1, 0.15) is 0 Å². The fourth-order valence-corrected chi connectivity index (χ4v) is 3.25. The number of aryl methyl sites for hydroxylation is 1. The minimum Gasteiger partial charge on any atom is -0.468 e. The zero-order valence-electron chi connectivity index (χ0n) is 16.4. The molecule has 2 amide bonds. The maximum absolute atomic E-state index is 12.6. The summed E-state index contributed by atoms with van der Waals surface area (Å²) in [6.45, 7) is 1.37. The van der Waals surface area contributed by atoms with Crippen LogP contribution in [0.15, 0.2) is 42.6 Å². The van der Waals surface area contributed by atoms with Crippen LogP contribution in [-0.2, 0) is 0 Å². The van der Waals surface area contributed by atoms with E-state index < -0.39 is 12.8 Å². The summed E-state index contributed by atoms with van der Waals surface area (Å²) in [6, 6.07) is 9.96. The van der Waals surface area contributed by atoms with Crippen molar-refractivity contribution in [3.63, 3.8) is 0 Å². The number of benzene rings is 1. The molecule has 160 valence electrons. The second-order valence-corrected chi connectivity index (χ2v) is 7.14. The third kappa shape index (κ3) is 5.71. The van der Waals surface area contributed by atoms with Crippen LogP contribution in [0.4, 0.5) is 13.2 Å². The maximum Gasteiger partial charge on any atom is 0.422 e. The molecule has 2 aromatic rings. The van der Waals surface area contributed by atoms with E-state index in [0.29, 0.717) is 31.5 Å². The highest BCUT2D eigenvalue weighted by Gasteiger charge is 2.29. The lowest BCUT2D eigenvalue weighted by Gasteiger charge is -2.32. The molecule has 1 aromatic carbocycles. The van der Waals surface area contributed by atoms with Crippen LogP contribution in [0.2, 0.25) is 0 Å². The summed E-state index contributed by atoms with van der Waals surface area (Å²) in [5.74, 6) is -0.577. The lowest BCUT2D eigenvalue weighted by Crippen LogP contribution is -2.46. The third-order valence-corrected chi connectivity index (χ3v) is 4.87. The number of nitrogens with zero attached hydrogens (tertiary/aromatic N) is 2. The second kappa shape index (κ2) is 9.15. The number of likely N-dealkylation sites (tertiary alicyclic amines) is 1. The molecule has 1 aliphatic rings. The first-order chi connectivity index (χ1) is 14.2. The van der Waals surface area contributed by atoms with E-state index in [0.717, 1.165) is 5.56 Å². The highest BCUT2D eigenvalue weighted by Crippen LogP contribution is 2.19. The predicted molar refractivity (Wildman–Crippen MR) is 103 cm³/mol. The molecule has 0 bridgehead atoms. The van der Waals surface area contributed by atoms with Crippen LogP contribution in [0.1, 0.15) is 39.1 Å². The van der Waals surface area contributed by atoms with Crippen molar-refractivity contribution < 1.29 is 27.5 Å². The van der Waals surface area contributed by atoms with Gasteiger partial charge < -0.3 is 15.0 Å². The molecule has 2 heterocycles. The van der Waals surface area contributed by atoms with Crippen LogP contribution >= 0.6 is 0 Å². The summed E-state index contributed by atoms with van der Waals surface area (Å²) >= 11 is 0. The smallest absolute Gasteiger partial charge is 0.422 e. The molecule has 9 heteroatoms. The fourth-order valence-electron chi connectivity index (χ4n) is 3.25. The first kappa shape index (κ1) is 21.6. The van der Waals surface area contributed by atoms with Crippen molar-refractivity contribution in [2.45, 2.75) is 32.0 Å². The van der Waals surface area contributed by atoms with Gasteiger partial charge in [-0.25, -0.2) is 4.98 Å². The Morgan fingerprint density at radius 1 is 1.17 bits per heavy atom. The van der Waals surface area contributed by atoms with Crippen molar-refractivity contribution in [3.8, 4) is 5.88 Å². The van der Waals surface area contributed by atoms with Crippen LogP contribution in [-0.4, -0.2) is 53.6 Å². The first-order valence-corrected chi connectivity index (χ1v) is 9.54. The molecule has 6 nitrogen and oxygen atoms in total. The van der Waals surface area contributed by atoms with Crippen LogP contribution in [0.25, 0.3) is 0 Å². The van der Waals surface area contributed by atoms with Gasteiger partial charge in [-0.3, -0.25) is 9.59 Å². The molecule has 0 radical (unpaired) electrons. The number of carbonyl (C=O) groups excluding carboxylic acids is 2. The lowest BCUT2D eigenvalue weighted by molar-refractivity contribution is -0.154. The monoisotopic (exact) mass is 421 g/mol. The molecule has 1 N–H and O–H groups in total. The Bertz CT molecular complexity index is 892. The summed E-state index contributed by atoms with van der Waals surface area (Å²) in [6.07, 6.45) is -2.01. The normalized spacial score (nSPS) is 15.0. The maximum atomic E-state index is 12.6. The Morgan fingerprint density at radius 2 is 1.87 bits per heavy atom. The Morgan fingerprint density at radius 3 is 2.47 bits per heavy atom. The van der Waals surface area contributed by atoms with Crippen molar-refractivity contribution in [3.05, 3.63) is 59.3 Å². The van der Waals surface area contributed by atoms with Gasteiger partial charge in [-0.1, -0.05) is 18.2 Å². The number of piperidine rings is 1. The molecular formula is C21H22F3N3O3. The summed E-state index contributed by atoms with van der Waals surface area (Å²) in [4.78, 5) is 30.4. The van der Waals surface area contributed by atoms with Crippen molar-refractivity contribution in [2.75, 3.05) is 19.7 Å². The summed E-state index contributed by atoms with van der Waals surface area (Å²) < 4.78 is 41.1. The van der Waals surface area contributed by atoms with E-state index in [4.69, 9.17) is 0 Å². The Balaban J connectivity index is 1.50. The van der Waals surface area contributed by atoms with Gasteiger partial charge in [0.15, 0.2) is 6.61 Å². The van der Waals surface area contributed by atoms with Gasteiger partial charge in [0.05, 0.1) is 5.56 Å². The van der Waals surface area contributed by atoms with Gasteiger partial charge in [0.25, 0.3) is 11.8 Å². The minimum atomic E-state index is -4.45. The van der Waals surface area contributed by atoms with Crippen LogP contribution < -0.4 is 10.1 Å². The Labute approximate surface area is 172 Å². The highest BCUT2D eigenvalue weighted by atomic mass is 19.4. The van der Waals surface area contributed by atoms with Gasteiger partial charge in [0, 0.05) is 37.0 Å². The molecule has 1 saturated heterocycles. The number of nitrogens with one attached hydrogen (secondary N) is 1. The predicted octanol–water partition coefficient (Wildman–Crippen LogP) is 3.37. The summed E-state index contributed by atoms with van der Waals surface area (Å²) in [5.41, 5.74) is 1.81. The molecule has 0 aliphatic carbocycles. The zero-order chi connectivity index (χ0) is 21.7. The lowest BCUT2D eigenvalue weighted by atomic mass is 10.0. The van der Waals surface area contributed by atoms with Crippen molar-refractivity contribution >= 4 is 11.8 Å². The van der Waals surface area contributed by atoms with E-state index in [1.807, 2.05) is 25.1 Å². The molecule has 0 atom stereocenters. The molecule has 1 aromatic heterocycles. The van der Waals surface area contributed by atoms with Crippen LogP contribution in [0.5, 0.6) is 5.88 Å². The number of ether oxygens (including phenoxy) is 1. The van der Waals surface area contributed by atoms with Crippen molar-refractivity contribution in [2.24, 2.45) is 0 Å². The molecular weight excluding hydrogens is 399 g/mol. The Hall–Kier alpha value is -3.10. The topological polar surface area (TPSA) is 71.5 Å². The van der Waals surface area contributed by atoms with Gasteiger partial charge in [-0.05, 0) is 37.5 Å². The molecule has 0 unspecified atom stereocenters. The number of alkyl halides is 3. The van der Waals surface area contributed by atoms with E-state index in [1.54, 1.807) is 11.0 Å². The van der Waals surface area contributed by atoms with Crippen LogP contribution in [0, 0.1) is 6.92 Å². The van der Waals surface area contributed by atoms with E-state index in [2.05, 4.69) is 15.0 Å². The van der Waals surface area contributed by atoms with E-state index in [9.17, 15) is 22.8 Å². The number of aromatic nitrogens is 1. The number of hydrogen-bond donors (Lipinski definition) is 1. The van der Waals surface area contributed by atoms with E-state index in [1.165, 1.54) is 18.3 Å². The summed E-state index contributed by atoms with van der Waals surface area (Å²) in [5, 5.41) is 3.01. The van der Waals surface area contributed by atoms with E-state index >= 15 is 0 Å². The van der Waals surface area contributed by atoms with Crippen molar-refractivity contribution in [1.29, 1.82) is 0 Å². The standard InChI is InChI=1S/C21H22F3N3O3/c1-14-4-2-3-5-17(14)19(28)26-16-8-10-27(11-9-16)20(29)15-6-7-18(25-12-15)30-13-21(22,23)24/h2-7,12,16H,8-11,13H2,1H3,(H,26,28). The number of hydrogen-bond acceptors (Lipinski definition) is 4. The number of rotatable bonds is 5. The van der Waals surface area contributed by atoms with Gasteiger partial charge in [-0.2, -0.15) is 13.2 Å². The van der Waals surface area contributed by atoms with E-state index in [-0.39, 0.29) is 29.3 Å². The molecule has 0 spiro atoms. The minimum absolute atomic E-state index is 0.0302. The molecule has 1 aliphatic heterocycles. The average Bonchev–Trinajstić information content (AvgIpc) is 2.72. The molecule has 0 saturated carbocycles. The number of halogens is 3. The molecule has 30 heavy (non-hydrogen) atoms. The fraction of sp³-hybridized carbons (Fsp3) is 0.381. The molecule has 3 rings (SSSR count). The molecule has 1 fully saturated rings. The summed E-state index contributed by atoms with van der Waals surface area (Å²) in [7, 11) is 0. The quantitative estimate of drug-likeness (QED) is 0.804. The van der Waals surface area contributed by atoms with Gasteiger partial charge in [0.2, 0.25) is 5.88 Å². The number of pyridine rings is 1. The average molecular weight is 421 g/mol. The first-order valence-electron chi connectivity index (χ1n) is 9.54. The SMILES string of the molecule is Cc1ccccc1C(=O)NC1CCN(C(=O)c2ccc(OCC(F)(F)F)nc2)CC1. The van der Waals surface area contributed by atoms with Gasteiger partial charge >= 0.3 is 6.18 Å². The highest BCUT2D eigenvalue weighted by molar-refractivity contribution is 5.96. The number of amides is 2. The largest absolute Gasteiger partial charge is 0.468 e. The zero-order valence-corrected chi connectivity index (χ0v) is 16.4. The van der Waals surface area contributed by atoms with Gasteiger partial charge in [-0.15, -0.1) is 0 Å². The van der Waals surface area contributed by atoms with Crippen molar-refractivity contribution in [1.82, 2.24) is 15.2 Å².